The lowest BCUT2D eigenvalue weighted by Gasteiger charge is -2.27. The maximum atomic E-state index is 10.4. The Kier molecular flexibility index (Phi) is 5.22. The molecule has 1 aliphatic heterocycles. The van der Waals surface area contributed by atoms with E-state index in [0.717, 1.165) is 18.5 Å². The van der Waals surface area contributed by atoms with E-state index in [2.05, 4.69) is 31.7 Å². The van der Waals surface area contributed by atoms with Crippen molar-refractivity contribution in [2.75, 3.05) is 19.6 Å². The molecule has 2 rings (SSSR count). The Morgan fingerprint density at radius 3 is 2.55 bits per heavy atom. The van der Waals surface area contributed by atoms with Crippen LogP contribution in [-0.2, 0) is 0 Å². The van der Waals surface area contributed by atoms with Crippen LogP contribution in [0.15, 0.2) is 24.3 Å². The summed E-state index contributed by atoms with van der Waals surface area (Å²) >= 11 is 0. The topological polar surface area (TPSA) is 23.5 Å². The number of benzene rings is 1. The molecule has 1 fully saturated rings. The lowest BCUT2D eigenvalue weighted by atomic mass is 9.82. The van der Waals surface area contributed by atoms with Crippen LogP contribution in [0.2, 0.25) is 0 Å². The van der Waals surface area contributed by atoms with E-state index >= 15 is 0 Å². The number of hydrogen-bond acceptors (Lipinski definition) is 2. The van der Waals surface area contributed by atoms with Gasteiger partial charge in [-0.15, -0.1) is 0 Å². The zero-order chi connectivity index (χ0) is 14.6. The summed E-state index contributed by atoms with van der Waals surface area (Å²) in [6.07, 6.45) is 4.39. The Morgan fingerprint density at radius 2 is 1.95 bits per heavy atom. The zero-order valence-electron chi connectivity index (χ0n) is 13.2. The van der Waals surface area contributed by atoms with E-state index < -0.39 is 0 Å². The summed E-state index contributed by atoms with van der Waals surface area (Å²) in [5.41, 5.74) is 2.81. The van der Waals surface area contributed by atoms with Crippen LogP contribution >= 0.6 is 0 Å². The van der Waals surface area contributed by atoms with E-state index in [4.69, 9.17) is 0 Å². The van der Waals surface area contributed by atoms with Crippen molar-refractivity contribution in [3.63, 3.8) is 0 Å². The highest BCUT2D eigenvalue weighted by Crippen LogP contribution is 2.37. The molecule has 0 saturated carbocycles. The van der Waals surface area contributed by atoms with Crippen LogP contribution in [0.1, 0.15) is 56.8 Å². The Balaban J connectivity index is 1.86. The molecular weight excluding hydrogens is 246 g/mol. The fourth-order valence-corrected chi connectivity index (χ4v) is 3.47. The van der Waals surface area contributed by atoms with E-state index in [9.17, 15) is 5.11 Å². The average Bonchev–Trinajstić information content (AvgIpc) is 2.89. The van der Waals surface area contributed by atoms with Crippen molar-refractivity contribution in [3.05, 3.63) is 35.4 Å². The van der Waals surface area contributed by atoms with Crippen LogP contribution in [0.4, 0.5) is 0 Å². The standard InChI is InChI=1S/C18H29NO/c1-4-18(5-2)11-13-19(14-18)12-10-17(20)16-9-7-6-8-15(16)3/h6-9,17,20H,4-5,10-14H2,1-3H3. The summed E-state index contributed by atoms with van der Waals surface area (Å²) in [6.45, 7) is 10.1. The molecule has 0 aliphatic carbocycles. The van der Waals surface area contributed by atoms with E-state index in [1.54, 1.807) is 0 Å². The van der Waals surface area contributed by atoms with Gasteiger partial charge in [0.05, 0.1) is 6.10 Å². The molecule has 2 heteroatoms. The third-order valence-corrected chi connectivity index (χ3v) is 5.28. The third kappa shape index (κ3) is 3.42. The van der Waals surface area contributed by atoms with Crippen LogP contribution in [0.5, 0.6) is 0 Å². The van der Waals surface area contributed by atoms with E-state index in [-0.39, 0.29) is 6.10 Å². The van der Waals surface area contributed by atoms with Gasteiger partial charge in [0.1, 0.15) is 0 Å². The second kappa shape index (κ2) is 6.73. The van der Waals surface area contributed by atoms with Gasteiger partial charge in [-0.2, -0.15) is 0 Å². The number of likely N-dealkylation sites (tertiary alicyclic amines) is 1. The molecule has 0 radical (unpaired) electrons. The van der Waals surface area contributed by atoms with E-state index in [1.807, 2.05) is 18.2 Å². The molecule has 1 heterocycles. The molecule has 1 N–H and O–H groups in total. The molecule has 1 unspecified atom stereocenters. The molecule has 20 heavy (non-hydrogen) atoms. The highest BCUT2D eigenvalue weighted by atomic mass is 16.3. The molecule has 0 spiro atoms. The minimum atomic E-state index is -0.325. The molecule has 0 bridgehead atoms. The lowest BCUT2D eigenvalue weighted by molar-refractivity contribution is 0.143. The first kappa shape index (κ1) is 15.5. The van der Waals surface area contributed by atoms with Crippen LogP contribution in [0.25, 0.3) is 0 Å². The van der Waals surface area contributed by atoms with Gasteiger partial charge in [0.15, 0.2) is 0 Å². The molecule has 1 aromatic carbocycles. The summed E-state index contributed by atoms with van der Waals surface area (Å²) in [4.78, 5) is 2.54. The fraction of sp³-hybridized carbons (Fsp3) is 0.667. The second-order valence-corrected chi connectivity index (χ2v) is 6.39. The van der Waals surface area contributed by atoms with Crippen molar-refractivity contribution in [3.8, 4) is 0 Å². The Hall–Kier alpha value is -0.860. The van der Waals surface area contributed by atoms with Gasteiger partial charge in [-0.1, -0.05) is 38.1 Å². The molecule has 1 aromatic rings. The second-order valence-electron chi connectivity index (χ2n) is 6.39. The smallest absolute Gasteiger partial charge is 0.0804 e. The summed E-state index contributed by atoms with van der Waals surface area (Å²) in [5, 5.41) is 10.4. The molecule has 0 aromatic heterocycles. The van der Waals surface area contributed by atoms with E-state index in [0.29, 0.717) is 5.41 Å². The highest BCUT2D eigenvalue weighted by Gasteiger charge is 2.34. The number of rotatable bonds is 6. The fourth-order valence-electron chi connectivity index (χ4n) is 3.47. The van der Waals surface area contributed by atoms with Crippen LogP contribution in [0.3, 0.4) is 0 Å². The van der Waals surface area contributed by atoms with Gasteiger partial charge in [0.25, 0.3) is 0 Å². The quantitative estimate of drug-likeness (QED) is 0.850. The first-order valence-electron chi connectivity index (χ1n) is 8.06. The maximum Gasteiger partial charge on any atom is 0.0804 e. The van der Waals surface area contributed by atoms with Gasteiger partial charge < -0.3 is 10.0 Å². The Morgan fingerprint density at radius 1 is 1.25 bits per heavy atom. The summed E-state index contributed by atoms with van der Waals surface area (Å²) in [6, 6.07) is 8.17. The third-order valence-electron chi connectivity index (χ3n) is 5.28. The van der Waals surface area contributed by atoms with Gasteiger partial charge in [0, 0.05) is 13.1 Å². The molecule has 112 valence electrons. The van der Waals surface area contributed by atoms with Gasteiger partial charge in [-0.25, -0.2) is 0 Å². The van der Waals surface area contributed by atoms with Gasteiger partial charge in [-0.05, 0) is 55.7 Å². The van der Waals surface area contributed by atoms with Crippen molar-refractivity contribution >= 4 is 0 Å². The van der Waals surface area contributed by atoms with Crippen molar-refractivity contribution < 1.29 is 5.11 Å². The van der Waals surface area contributed by atoms with Crippen LogP contribution in [0, 0.1) is 12.3 Å². The van der Waals surface area contributed by atoms with Crippen molar-refractivity contribution in [2.24, 2.45) is 5.41 Å². The number of aryl methyl sites for hydroxylation is 1. The molecule has 1 atom stereocenters. The van der Waals surface area contributed by atoms with Crippen molar-refractivity contribution in [1.82, 2.24) is 4.90 Å². The molecule has 1 saturated heterocycles. The molecular formula is C18H29NO. The first-order valence-corrected chi connectivity index (χ1v) is 8.06. The number of aliphatic hydroxyl groups is 1. The molecule has 1 aliphatic rings. The number of nitrogens with zero attached hydrogens (tertiary/aromatic N) is 1. The largest absolute Gasteiger partial charge is 0.388 e. The van der Waals surface area contributed by atoms with E-state index in [1.165, 1.54) is 37.9 Å². The van der Waals surface area contributed by atoms with Crippen LogP contribution < -0.4 is 0 Å². The number of hydrogen-bond donors (Lipinski definition) is 1. The summed E-state index contributed by atoms with van der Waals surface area (Å²) < 4.78 is 0. The van der Waals surface area contributed by atoms with Gasteiger partial charge >= 0.3 is 0 Å². The van der Waals surface area contributed by atoms with Gasteiger partial charge in [-0.3, -0.25) is 0 Å². The Labute approximate surface area is 123 Å². The predicted octanol–water partition coefficient (Wildman–Crippen LogP) is 3.93. The normalized spacial score (nSPS) is 20.2. The SMILES string of the molecule is CCC1(CC)CCN(CCC(O)c2ccccc2C)C1. The Bertz CT molecular complexity index is 425. The first-order chi connectivity index (χ1) is 9.60. The highest BCUT2D eigenvalue weighted by molar-refractivity contribution is 5.27. The zero-order valence-corrected chi connectivity index (χ0v) is 13.2. The molecule has 2 nitrogen and oxygen atoms in total. The average molecular weight is 275 g/mol. The van der Waals surface area contributed by atoms with Gasteiger partial charge in [0.2, 0.25) is 0 Å². The van der Waals surface area contributed by atoms with Crippen molar-refractivity contribution in [1.29, 1.82) is 0 Å². The summed E-state index contributed by atoms with van der Waals surface area (Å²) in [5.74, 6) is 0. The maximum absolute atomic E-state index is 10.4. The van der Waals surface area contributed by atoms with Crippen LogP contribution in [-0.4, -0.2) is 29.6 Å². The lowest BCUT2D eigenvalue weighted by Crippen LogP contribution is -2.28. The van der Waals surface area contributed by atoms with Crippen molar-refractivity contribution in [2.45, 2.75) is 52.6 Å². The minimum Gasteiger partial charge on any atom is -0.388 e. The summed E-state index contributed by atoms with van der Waals surface area (Å²) in [7, 11) is 0. The molecule has 0 amide bonds. The minimum absolute atomic E-state index is 0.325. The monoisotopic (exact) mass is 275 g/mol. The predicted molar refractivity (Wildman–Crippen MR) is 84.8 cm³/mol. The number of aliphatic hydroxyl groups excluding tert-OH is 1.